The van der Waals surface area contributed by atoms with Crippen LogP contribution in [-0.4, -0.2) is 20.3 Å². The maximum absolute atomic E-state index is 6.23. The van der Waals surface area contributed by atoms with E-state index in [9.17, 15) is 0 Å². The minimum absolute atomic E-state index is 0.144. The average Bonchev–Trinajstić information content (AvgIpc) is 2.79. The van der Waals surface area contributed by atoms with Gasteiger partial charge in [0, 0.05) is 18.5 Å². The van der Waals surface area contributed by atoms with E-state index in [0.717, 1.165) is 24.6 Å². The molecule has 76 valence electrons. The number of hydrogen-bond acceptors (Lipinski definition) is 3. The Hall–Kier alpha value is -0.900. The van der Waals surface area contributed by atoms with Crippen LogP contribution in [0.1, 0.15) is 30.9 Å². The Kier molecular flexibility index (Phi) is 1.54. The molecule has 1 aromatic rings. The van der Waals surface area contributed by atoms with Gasteiger partial charge < -0.3 is 5.73 Å². The third-order valence-corrected chi connectivity index (χ3v) is 3.61. The van der Waals surface area contributed by atoms with E-state index in [4.69, 9.17) is 5.73 Å². The molecule has 2 aliphatic rings. The van der Waals surface area contributed by atoms with Gasteiger partial charge in [-0.05, 0) is 32.1 Å². The quantitative estimate of drug-likeness (QED) is 0.710. The first-order chi connectivity index (χ1) is 6.67. The van der Waals surface area contributed by atoms with E-state index in [1.807, 2.05) is 11.6 Å². The third kappa shape index (κ3) is 1.17. The Morgan fingerprint density at radius 3 is 3.00 bits per heavy atom. The summed E-state index contributed by atoms with van der Waals surface area (Å²) in [5, 5.41) is 4.35. The van der Waals surface area contributed by atoms with E-state index in [2.05, 4.69) is 10.1 Å². The van der Waals surface area contributed by atoms with Gasteiger partial charge in [-0.2, -0.15) is 5.10 Å². The van der Waals surface area contributed by atoms with Gasteiger partial charge >= 0.3 is 0 Å². The fraction of sp³-hybridized carbons (Fsp3) is 0.800. The van der Waals surface area contributed by atoms with E-state index in [0.29, 0.717) is 5.92 Å². The maximum Gasteiger partial charge on any atom is 0.147 e. The van der Waals surface area contributed by atoms with Crippen molar-refractivity contribution in [3.05, 3.63) is 11.6 Å². The van der Waals surface area contributed by atoms with Crippen molar-refractivity contribution in [3.63, 3.8) is 0 Å². The zero-order chi connectivity index (χ0) is 9.76. The molecule has 1 aromatic heterocycles. The number of nitrogens with zero attached hydrogens (tertiary/aromatic N) is 3. The highest BCUT2D eigenvalue weighted by molar-refractivity contribution is 5.09. The Morgan fingerprint density at radius 1 is 1.50 bits per heavy atom. The fourth-order valence-corrected chi connectivity index (χ4v) is 2.47. The summed E-state index contributed by atoms with van der Waals surface area (Å²) in [7, 11) is 0. The molecule has 2 N–H and O–H groups in total. The summed E-state index contributed by atoms with van der Waals surface area (Å²) < 4.78 is 2.04. The monoisotopic (exact) mass is 192 g/mol. The van der Waals surface area contributed by atoms with Gasteiger partial charge in [-0.1, -0.05) is 0 Å². The smallest absolute Gasteiger partial charge is 0.147 e. The van der Waals surface area contributed by atoms with Crippen LogP contribution in [0.3, 0.4) is 0 Å². The molecule has 0 bridgehead atoms. The van der Waals surface area contributed by atoms with Crippen LogP contribution in [0.4, 0.5) is 0 Å². The van der Waals surface area contributed by atoms with Crippen LogP contribution in [0.5, 0.6) is 0 Å². The maximum atomic E-state index is 6.23. The first-order valence-electron chi connectivity index (χ1n) is 5.37. The Bertz CT molecular complexity index is 364. The lowest BCUT2D eigenvalue weighted by Crippen LogP contribution is -2.37. The first-order valence-corrected chi connectivity index (χ1v) is 5.37. The summed E-state index contributed by atoms with van der Waals surface area (Å²) in [5.74, 6) is 2.66. The van der Waals surface area contributed by atoms with Gasteiger partial charge in [0.1, 0.15) is 11.6 Å². The van der Waals surface area contributed by atoms with Crippen molar-refractivity contribution in [1.29, 1.82) is 0 Å². The van der Waals surface area contributed by atoms with Crippen molar-refractivity contribution in [1.82, 2.24) is 14.8 Å². The van der Waals surface area contributed by atoms with Gasteiger partial charge in [0.25, 0.3) is 0 Å². The highest BCUT2D eigenvalue weighted by Crippen LogP contribution is 2.43. The zero-order valence-electron chi connectivity index (χ0n) is 8.53. The lowest BCUT2D eigenvalue weighted by Gasteiger charge is -2.27. The van der Waals surface area contributed by atoms with E-state index in [1.54, 1.807) is 0 Å². The molecule has 1 unspecified atom stereocenters. The molecule has 0 saturated heterocycles. The van der Waals surface area contributed by atoms with Gasteiger partial charge in [0.05, 0.1) is 0 Å². The summed E-state index contributed by atoms with van der Waals surface area (Å²) in [4.78, 5) is 4.44. The third-order valence-electron chi connectivity index (χ3n) is 3.61. The molecular formula is C10H16N4. The predicted octanol–water partition coefficient (Wildman–Crippen LogP) is 0.640. The molecule has 1 fully saturated rings. The molecule has 2 heterocycles. The van der Waals surface area contributed by atoms with Gasteiger partial charge in [-0.15, -0.1) is 0 Å². The molecule has 4 heteroatoms. The van der Waals surface area contributed by atoms with Crippen LogP contribution in [0.15, 0.2) is 0 Å². The minimum atomic E-state index is 0.144. The SMILES string of the molecule is Cc1nc2n(n1)CCC(C1(N)CC1)C2. The summed E-state index contributed by atoms with van der Waals surface area (Å²) >= 11 is 0. The van der Waals surface area contributed by atoms with Crippen LogP contribution in [0.25, 0.3) is 0 Å². The normalized spacial score (nSPS) is 28.6. The van der Waals surface area contributed by atoms with Crippen molar-refractivity contribution >= 4 is 0 Å². The first kappa shape index (κ1) is 8.41. The number of rotatable bonds is 1. The molecule has 0 radical (unpaired) electrons. The molecule has 1 aliphatic carbocycles. The highest BCUT2D eigenvalue weighted by Gasteiger charge is 2.46. The second-order valence-corrected chi connectivity index (χ2v) is 4.72. The fourth-order valence-electron chi connectivity index (χ4n) is 2.47. The Morgan fingerprint density at radius 2 is 2.29 bits per heavy atom. The lowest BCUT2D eigenvalue weighted by atomic mass is 9.89. The van der Waals surface area contributed by atoms with Crippen molar-refractivity contribution in [2.45, 2.75) is 44.7 Å². The van der Waals surface area contributed by atoms with E-state index in [-0.39, 0.29) is 5.54 Å². The molecule has 1 aliphatic heterocycles. The summed E-state index contributed by atoms with van der Waals surface area (Å²) in [6, 6.07) is 0. The van der Waals surface area contributed by atoms with Gasteiger partial charge in [0.15, 0.2) is 0 Å². The second kappa shape index (κ2) is 2.57. The molecule has 1 atom stereocenters. The Labute approximate surface area is 83.5 Å². The molecule has 4 nitrogen and oxygen atoms in total. The van der Waals surface area contributed by atoms with Crippen molar-refractivity contribution < 1.29 is 0 Å². The second-order valence-electron chi connectivity index (χ2n) is 4.72. The number of nitrogens with two attached hydrogens (primary N) is 1. The molecule has 14 heavy (non-hydrogen) atoms. The molecular weight excluding hydrogens is 176 g/mol. The number of aromatic nitrogens is 3. The van der Waals surface area contributed by atoms with Crippen LogP contribution < -0.4 is 5.73 Å². The summed E-state index contributed by atoms with van der Waals surface area (Å²) in [6.07, 6.45) is 4.60. The predicted molar refractivity (Wildman–Crippen MR) is 52.7 cm³/mol. The summed E-state index contributed by atoms with van der Waals surface area (Å²) in [5.41, 5.74) is 6.37. The molecule has 0 spiro atoms. The van der Waals surface area contributed by atoms with Crippen LogP contribution in [0.2, 0.25) is 0 Å². The largest absolute Gasteiger partial charge is 0.325 e. The van der Waals surface area contributed by atoms with Crippen molar-refractivity contribution in [2.75, 3.05) is 0 Å². The van der Waals surface area contributed by atoms with E-state index >= 15 is 0 Å². The van der Waals surface area contributed by atoms with Gasteiger partial charge in [-0.3, -0.25) is 0 Å². The van der Waals surface area contributed by atoms with Crippen molar-refractivity contribution in [3.8, 4) is 0 Å². The molecule has 0 aromatic carbocycles. The lowest BCUT2D eigenvalue weighted by molar-refractivity contribution is 0.299. The highest BCUT2D eigenvalue weighted by atomic mass is 15.3. The van der Waals surface area contributed by atoms with Crippen LogP contribution in [-0.2, 0) is 13.0 Å². The average molecular weight is 192 g/mol. The molecule has 1 saturated carbocycles. The van der Waals surface area contributed by atoms with E-state index in [1.165, 1.54) is 19.3 Å². The number of fused-ring (bicyclic) bond motifs is 1. The molecule has 0 amide bonds. The standard InChI is InChI=1S/C10H16N4/c1-7-12-9-6-8(10(11)3-4-10)2-5-14(9)13-7/h8H,2-6,11H2,1H3. The number of hydrogen-bond donors (Lipinski definition) is 1. The van der Waals surface area contributed by atoms with Crippen molar-refractivity contribution in [2.24, 2.45) is 11.7 Å². The van der Waals surface area contributed by atoms with Gasteiger partial charge in [0.2, 0.25) is 0 Å². The molecule has 3 rings (SSSR count). The Balaban J connectivity index is 1.86. The van der Waals surface area contributed by atoms with E-state index < -0.39 is 0 Å². The topological polar surface area (TPSA) is 56.7 Å². The zero-order valence-corrected chi connectivity index (χ0v) is 8.53. The number of aryl methyl sites for hydroxylation is 2. The summed E-state index contributed by atoms with van der Waals surface area (Å²) in [6.45, 7) is 2.95. The minimum Gasteiger partial charge on any atom is -0.325 e. The van der Waals surface area contributed by atoms with Gasteiger partial charge in [-0.25, -0.2) is 9.67 Å². The van der Waals surface area contributed by atoms with Crippen LogP contribution in [0, 0.1) is 12.8 Å². The van der Waals surface area contributed by atoms with Crippen LogP contribution >= 0.6 is 0 Å².